The quantitative estimate of drug-likeness (QED) is 0.775. The van der Waals surface area contributed by atoms with E-state index in [0.717, 1.165) is 57.1 Å². The summed E-state index contributed by atoms with van der Waals surface area (Å²) >= 11 is 0. The van der Waals surface area contributed by atoms with Crippen molar-refractivity contribution in [3.05, 3.63) is 47.7 Å². The number of methoxy groups -OCH3 is 1. The van der Waals surface area contributed by atoms with Gasteiger partial charge in [0.2, 0.25) is 0 Å². The Balaban J connectivity index is 1.31. The standard InChI is InChI=1S/C21H25N5O/c1-27-15-8-11-25(12-9-15)20-6-7-21(24-23-20)26-13-10-17-16-4-2-3-5-18(16)22-19(17)14-26/h2-7,15,22H,8-14H2,1H3. The zero-order valence-electron chi connectivity index (χ0n) is 15.7. The van der Waals surface area contributed by atoms with Gasteiger partial charge in [0, 0.05) is 43.3 Å². The minimum atomic E-state index is 0.382. The van der Waals surface area contributed by atoms with Crippen LogP contribution in [0.25, 0.3) is 10.9 Å². The average molecular weight is 363 g/mol. The summed E-state index contributed by atoms with van der Waals surface area (Å²) in [5.41, 5.74) is 3.98. The van der Waals surface area contributed by atoms with E-state index in [1.807, 2.05) is 0 Å². The molecule has 1 saturated heterocycles. The van der Waals surface area contributed by atoms with E-state index in [0.29, 0.717) is 6.10 Å². The molecule has 2 aliphatic heterocycles. The van der Waals surface area contributed by atoms with Crippen molar-refractivity contribution in [2.45, 2.75) is 31.9 Å². The Kier molecular flexibility index (Phi) is 4.20. The minimum Gasteiger partial charge on any atom is -0.381 e. The van der Waals surface area contributed by atoms with Gasteiger partial charge < -0.3 is 19.5 Å². The number of benzene rings is 1. The lowest BCUT2D eigenvalue weighted by Crippen LogP contribution is -2.37. The Morgan fingerprint density at radius 3 is 2.44 bits per heavy atom. The molecular formula is C21H25N5O. The molecule has 27 heavy (non-hydrogen) atoms. The first kappa shape index (κ1) is 16.6. The number of nitrogens with zero attached hydrogens (tertiary/aromatic N) is 4. The van der Waals surface area contributed by atoms with Gasteiger partial charge in [-0.25, -0.2) is 0 Å². The monoisotopic (exact) mass is 363 g/mol. The van der Waals surface area contributed by atoms with Crippen LogP contribution in [-0.4, -0.2) is 48.0 Å². The van der Waals surface area contributed by atoms with Crippen molar-refractivity contribution in [3.8, 4) is 0 Å². The van der Waals surface area contributed by atoms with Crippen molar-refractivity contribution < 1.29 is 4.74 Å². The molecule has 2 aliphatic rings. The van der Waals surface area contributed by atoms with E-state index in [9.17, 15) is 0 Å². The van der Waals surface area contributed by atoms with Gasteiger partial charge in [-0.3, -0.25) is 0 Å². The molecule has 0 atom stereocenters. The fourth-order valence-electron chi connectivity index (χ4n) is 4.36. The van der Waals surface area contributed by atoms with Crippen molar-refractivity contribution in [1.82, 2.24) is 15.2 Å². The van der Waals surface area contributed by atoms with Crippen LogP contribution in [-0.2, 0) is 17.7 Å². The maximum atomic E-state index is 5.45. The number of rotatable bonds is 3. The van der Waals surface area contributed by atoms with Gasteiger partial charge in [-0.15, -0.1) is 10.2 Å². The lowest BCUT2D eigenvalue weighted by molar-refractivity contribution is 0.0817. The van der Waals surface area contributed by atoms with E-state index in [-0.39, 0.29) is 0 Å². The van der Waals surface area contributed by atoms with Gasteiger partial charge in [0.25, 0.3) is 0 Å². The normalized spacial score (nSPS) is 18.1. The van der Waals surface area contributed by atoms with E-state index in [4.69, 9.17) is 4.74 Å². The Hall–Kier alpha value is -2.60. The van der Waals surface area contributed by atoms with Crippen molar-refractivity contribution in [2.75, 3.05) is 36.5 Å². The maximum absolute atomic E-state index is 5.45. The molecule has 2 aromatic heterocycles. The Bertz CT molecular complexity index is 927. The molecule has 0 amide bonds. The summed E-state index contributed by atoms with van der Waals surface area (Å²) in [6.07, 6.45) is 3.52. The number of anilines is 2. The third kappa shape index (κ3) is 3.04. The lowest BCUT2D eigenvalue weighted by atomic mass is 10.0. The number of ether oxygens (including phenoxy) is 1. The molecule has 0 radical (unpaired) electrons. The zero-order chi connectivity index (χ0) is 18.2. The second-order valence-corrected chi connectivity index (χ2v) is 7.47. The number of para-hydroxylation sites is 1. The van der Waals surface area contributed by atoms with Crippen LogP contribution in [0.3, 0.4) is 0 Å². The average Bonchev–Trinajstić information content (AvgIpc) is 3.12. The molecule has 1 aromatic carbocycles. The summed E-state index contributed by atoms with van der Waals surface area (Å²) in [7, 11) is 1.80. The van der Waals surface area contributed by atoms with Crippen LogP contribution in [0.5, 0.6) is 0 Å². The van der Waals surface area contributed by atoms with E-state index < -0.39 is 0 Å². The zero-order valence-corrected chi connectivity index (χ0v) is 15.7. The first-order chi connectivity index (χ1) is 13.3. The second kappa shape index (κ2) is 6.85. The van der Waals surface area contributed by atoms with E-state index in [1.165, 1.54) is 22.2 Å². The molecule has 1 fully saturated rings. The number of H-pyrrole nitrogens is 1. The predicted molar refractivity (Wildman–Crippen MR) is 107 cm³/mol. The van der Waals surface area contributed by atoms with Gasteiger partial charge in [0.1, 0.15) is 0 Å². The van der Waals surface area contributed by atoms with Gasteiger partial charge in [-0.05, 0) is 43.0 Å². The topological polar surface area (TPSA) is 57.3 Å². The molecule has 1 N–H and O–H groups in total. The lowest BCUT2D eigenvalue weighted by Gasteiger charge is -2.32. The van der Waals surface area contributed by atoms with Crippen molar-refractivity contribution in [1.29, 1.82) is 0 Å². The van der Waals surface area contributed by atoms with Crippen molar-refractivity contribution >= 4 is 22.5 Å². The minimum absolute atomic E-state index is 0.382. The van der Waals surface area contributed by atoms with Crippen LogP contribution in [0.4, 0.5) is 11.6 Å². The molecule has 3 aromatic rings. The molecule has 140 valence electrons. The third-order valence-corrected chi connectivity index (χ3v) is 5.94. The Labute approximate surface area is 159 Å². The number of fused-ring (bicyclic) bond motifs is 3. The highest BCUT2D eigenvalue weighted by molar-refractivity contribution is 5.85. The fourth-order valence-corrected chi connectivity index (χ4v) is 4.36. The van der Waals surface area contributed by atoms with Crippen LogP contribution in [0.2, 0.25) is 0 Å². The summed E-state index contributed by atoms with van der Waals surface area (Å²) in [6, 6.07) is 12.8. The smallest absolute Gasteiger partial charge is 0.151 e. The van der Waals surface area contributed by atoms with E-state index in [2.05, 4.69) is 61.4 Å². The van der Waals surface area contributed by atoms with Crippen LogP contribution in [0, 0.1) is 0 Å². The van der Waals surface area contributed by atoms with Crippen LogP contribution < -0.4 is 9.80 Å². The predicted octanol–water partition coefficient (Wildman–Crippen LogP) is 3.14. The van der Waals surface area contributed by atoms with Crippen LogP contribution in [0.15, 0.2) is 36.4 Å². The molecule has 6 nitrogen and oxygen atoms in total. The van der Waals surface area contributed by atoms with Gasteiger partial charge >= 0.3 is 0 Å². The first-order valence-corrected chi connectivity index (χ1v) is 9.76. The molecule has 0 unspecified atom stereocenters. The van der Waals surface area contributed by atoms with Gasteiger partial charge in [0.15, 0.2) is 11.6 Å². The fraction of sp³-hybridized carbons (Fsp3) is 0.429. The first-order valence-electron chi connectivity index (χ1n) is 9.76. The summed E-state index contributed by atoms with van der Waals surface area (Å²) < 4.78 is 5.45. The highest BCUT2D eigenvalue weighted by atomic mass is 16.5. The van der Waals surface area contributed by atoms with Crippen LogP contribution >= 0.6 is 0 Å². The Morgan fingerprint density at radius 2 is 1.70 bits per heavy atom. The van der Waals surface area contributed by atoms with Crippen molar-refractivity contribution in [2.24, 2.45) is 0 Å². The summed E-state index contributed by atoms with van der Waals surface area (Å²) in [5, 5.41) is 10.4. The largest absolute Gasteiger partial charge is 0.381 e. The molecule has 0 saturated carbocycles. The van der Waals surface area contributed by atoms with Crippen LogP contribution in [0.1, 0.15) is 24.1 Å². The number of piperidine rings is 1. The summed E-state index contributed by atoms with van der Waals surface area (Å²) in [5.74, 6) is 1.92. The van der Waals surface area contributed by atoms with Gasteiger partial charge in [0.05, 0.1) is 12.6 Å². The van der Waals surface area contributed by atoms with E-state index >= 15 is 0 Å². The third-order valence-electron chi connectivity index (χ3n) is 5.94. The van der Waals surface area contributed by atoms with Crippen molar-refractivity contribution in [3.63, 3.8) is 0 Å². The molecule has 5 rings (SSSR count). The Morgan fingerprint density at radius 1 is 0.963 bits per heavy atom. The molecule has 0 spiro atoms. The summed E-state index contributed by atoms with van der Waals surface area (Å²) in [4.78, 5) is 8.19. The summed E-state index contributed by atoms with van der Waals surface area (Å²) in [6.45, 7) is 3.79. The molecular weight excluding hydrogens is 338 g/mol. The number of hydrogen-bond acceptors (Lipinski definition) is 5. The maximum Gasteiger partial charge on any atom is 0.151 e. The molecule has 6 heteroatoms. The molecule has 0 aliphatic carbocycles. The van der Waals surface area contributed by atoms with Gasteiger partial charge in [-0.2, -0.15) is 0 Å². The number of aromatic nitrogens is 3. The molecule has 4 heterocycles. The SMILES string of the molecule is COC1CCN(c2ccc(N3CCc4c([nH]c5ccccc45)C3)nn2)CC1. The second-order valence-electron chi connectivity index (χ2n) is 7.47. The number of nitrogens with one attached hydrogen (secondary N) is 1. The number of aromatic amines is 1. The highest BCUT2D eigenvalue weighted by Crippen LogP contribution is 2.29. The number of hydrogen-bond donors (Lipinski definition) is 1. The highest BCUT2D eigenvalue weighted by Gasteiger charge is 2.23. The van der Waals surface area contributed by atoms with E-state index in [1.54, 1.807) is 7.11 Å². The molecule has 0 bridgehead atoms. The van der Waals surface area contributed by atoms with Gasteiger partial charge in [-0.1, -0.05) is 18.2 Å².